The highest BCUT2D eigenvalue weighted by Crippen LogP contribution is 2.36. The Balaban J connectivity index is 2.19. The molecular formula is C15H21O4S2-. The second-order valence-corrected chi connectivity index (χ2v) is 9.01. The van der Waals surface area contributed by atoms with Gasteiger partial charge in [-0.05, 0) is 53.1 Å². The van der Waals surface area contributed by atoms with Gasteiger partial charge in [-0.1, -0.05) is 33.1 Å². The van der Waals surface area contributed by atoms with Crippen LogP contribution in [0.15, 0.2) is 34.1 Å². The maximum Gasteiger partial charge on any atom is 0.178 e. The Morgan fingerprint density at radius 2 is 1.67 bits per heavy atom. The van der Waals surface area contributed by atoms with Crippen LogP contribution in [0.3, 0.4) is 0 Å². The lowest BCUT2D eigenvalue weighted by atomic mass is 9.75. The fourth-order valence-electron chi connectivity index (χ4n) is 3.19. The molecule has 1 aromatic carbocycles. The minimum atomic E-state index is -3.37. The molecule has 0 heterocycles. The summed E-state index contributed by atoms with van der Waals surface area (Å²) >= 11 is -2.33. The largest absolute Gasteiger partial charge is 0.768 e. The van der Waals surface area contributed by atoms with E-state index >= 15 is 0 Å². The van der Waals surface area contributed by atoms with E-state index in [4.69, 9.17) is 0 Å². The van der Waals surface area contributed by atoms with Gasteiger partial charge in [0.2, 0.25) is 0 Å². The predicted molar refractivity (Wildman–Crippen MR) is 81.3 cm³/mol. The van der Waals surface area contributed by atoms with Crippen LogP contribution in [0.5, 0.6) is 0 Å². The molecule has 0 spiro atoms. The highest BCUT2D eigenvalue weighted by atomic mass is 32.2. The summed E-state index contributed by atoms with van der Waals surface area (Å²) in [5.74, 6) is 1.15. The first-order chi connectivity index (χ1) is 9.81. The van der Waals surface area contributed by atoms with E-state index in [1.165, 1.54) is 30.7 Å². The Morgan fingerprint density at radius 1 is 1.14 bits per heavy atom. The van der Waals surface area contributed by atoms with Crippen LogP contribution in [0.4, 0.5) is 0 Å². The highest BCUT2D eigenvalue weighted by molar-refractivity contribution is 7.91. The van der Waals surface area contributed by atoms with E-state index in [1.807, 2.05) is 0 Å². The third-order valence-electron chi connectivity index (χ3n) is 4.57. The highest BCUT2D eigenvalue weighted by Gasteiger charge is 2.32. The lowest BCUT2D eigenvalue weighted by Crippen LogP contribution is -2.31. The zero-order valence-electron chi connectivity index (χ0n) is 12.3. The molecule has 0 aliphatic heterocycles. The molecule has 0 N–H and O–H groups in total. The minimum absolute atomic E-state index is 0.105. The summed E-state index contributed by atoms with van der Waals surface area (Å²) in [6.45, 7) is 4.25. The number of hydrogen-bond acceptors (Lipinski definition) is 4. The van der Waals surface area contributed by atoms with Gasteiger partial charge in [0.05, 0.1) is 10.6 Å². The van der Waals surface area contributed by atoms with Crippen LogP contribution in [0.1, 0.15) is 33.1 Å². The van der Waals surface area contributed by atoms with Crippen molar-refractivity contribution in [3.63, 3.8) is 0 Å². The quantitative estimate of drug-likeness (QED) is 0.796. The van der Waals surface area contributed by atoms with Crippen LogP contribution in [0.2, 0.25) is 0 Å². The summed E-state index contributed by atoms with van der Waals surface area (Å²) in [7, 11) is -3.37. The molecule has 4 nitrogen and oxygen atoms in total. The standard InChI is InChI=1S/C15H22O4S2/c1-11-4-3-5-12(2)15(11)10-21(18,19)14-8-6-13(7-9-14)20(16)17/h6-9,11-12,15H,3-5,10H2,1-2H3,(H,16,17)/p-1. The number of hydrogen-bond donors (Lipinski definition) is 0. The molecule has 6 heteroatoms. The second-order valence-electron chi connectivity index (χ2n) is 6.04. The summed E-state index contributed by atoms with van der Waals surface area (Å²) in [4.78, 5) is 0.315. The zero-order valence-corrected chi connectivity index (χ0v) is 14.0. The first kappa shape index (κ1) is 16.6. The Morgan fingerprint density at radius 3 is 2.14 bits per heavy atom. The van der Waals surface area contributed by atoms with Crippen molar-refractivity contribution in [2.75, 3.05) is 5.75 Å². The summed E-state index contributed by atoms with van der Waals surface area (Å²) in [5.41, 5.74) is 0. The molecule has 1 saturated carbocycles. The fraction of sp³-hybridized carbons (Fsp3) is 0.600. The third kappa shape index (κ3) is 3.93. The molecule has 1 aliphatic rings. The van der Waals surface area contributed by atoms with Crippen molar-refractivity contribution >= 4 is 20.9 Å². The fourth-order valence-corrected chi connectivity index (χ4v) is 5.45. The predicted octanol–water partition coefficient (Wildman–Crippen LogP) is 2.77. The molecular weight excluding hydrogens is 308 g/mol. The van der Waals surface area contributed by atoms with E-state index in [2.05, 4.69) is 13.8 Å². The van der Waals surface area contributed by atoms with Crippen molar-refractivity contribution in [1.82, 2.24) is 0 Å². The SMILES string of the molecule is CC1CCCC(C)C1CS(=O)(=O)c1ccc(S(=O)[O-])cc1. The summed E-state index contributed by atoms with van der Waals surface area (Å²) in [6.07, 6.45) is 3.33. The van der Waals surface area contributed by atoms with Gasteiger partial charge >= 0.3 is 0 Å². The average molecular weight is 329 g/mol. The van der Waals surface area contributed by atoms with E-state index in [-0.39, 0.29) is 21.5 Å². The summed E-state index contributed by atoms with van der Waals surface area (Å²) < 4.78 is 46.7. The molecule has 21 heavy (non-hydrogen) atoms. The van der Waals surface area contributed by atoms with Crippen LogP contribution in [-0.4, -0.2) is 22.9 Å². The minimum Gasteiger partial charge on any atom is -0.768 e. The van der Waals surface area contributed by atoms with Gasteiger partial charge in [0.25, 0.3) is 0 Å². The van der Waals surface area contributed by atoms with Gasteiger partial charge in [-0.25, -0.2) is 8.42 Å². The van der Waals surface area contributed by atoms with Gasteiger partial charge in [-0.3, -0.25) is 4.21 Å². The molecule has 0 radical (unpaired) electrons. The lowest BCUT2D eigenvalue weighted by Gasteiger charge is -2.34. The van der Waals surface area contributed by atoms with E-state index < -0.39 is 20.9 Å². The molecule has 0 saturated heterocycles. The van der Waals surface area contributed by atoms with Crippen molar-refractivity contribution in [2.45, 2.75) is 42.9 Å². The molecule has 1 aliphatic carbocycles. The van der Waals surface area contributed by atoms with Crippen LogP contribution < -0.4 is 0 Å². The van der Waals surface area contributed by atoms with Crippen LogP contribution in [0.25, 0.3) is 0 Å². The van der Waals surface area contributed by atoms with Gasteiger partial charge < -0.3 is 4.55 Å². The van der Waals surface area contributed by atoms with Crippen molar-refractivity contribution in [3.05, 3.63) is 24.3 Å². The molecule has 1 aromatic rings. The molecule has 118 valence electrons. The number of sulfone groups is 1. The summed E-state index contributed by atoms with van der Waals surface area (Å²) in [5, 5.41) is 0. The number of benzene rings is 1. The molecule has 1 fully saturated rings. The van der Waals surface area contributed by atoms with Crippen molar-refractivity contribution in [1.29, 1.82) is 0 Å². The van der Waals surface area contributed by atoms with E-state index in [0.29, 0.717) is 11.8 Å². The number of rotatable bonds is 4. The van der Waals surface area contributed by atoms with E-state index in [1.54, 1.807) is 0 Å². The average Bonchev–Trinajstić information content (AvgIpc) is 2.43. The molecule has 2 rings (SSSR count). The van der Waals surface area contributed by atoms with Crippen LogP contribution in [0, 0.1) is 17.8 Å². The molecule has 0 aromatic heterocycles. The molecule has 0 bridgehead atoms. The van der Waals surface area contributed by atoms with Crippen molar-refractivity contribution < 1.29 is 17.2 Å². The lowest BCUT2D eigenvalue weighted by molar-refractivity contribution is 0.199. The first-order valence-electron chi connectivity index (χ1n) is 7.23. The van der Waals surface area contributed by atoms with E-state index in [9.17, 15) is 17.2 Å². The Hall–Kier alpha value is -0.720. The summed E-state index contributed by atoms with van der Waals surface area (Å²) in [6, 6.07) is 5.45. The second kappa shape index (κ2) is 6.58. The Labute approximate surface area is 129 Å². The molecule has 3 atom stereocenters. The maximum absolute atomic E-state index is 12.5. The van der Waals surface area contributed by atoms with E-state index in [0.717, 1.165) is 12.8 Å². The van der Waals surface area contributed by atoms with Gasteiger partial charge in [-0.2, -0.15) is 0 Å². The normalized spacial score (nSPS) is 28.2. The first-order valence-corrected chi connectivity index (χ1v) is 9.96. The third-order valence-corrected chi connectivity index (χ3v) is 7.04. The van der Waals surface area contributed by atoms with Crippen LogP contribution in [-0.2, 0) is 20.9 Å². The molecule has 3 unspecified atom stereocenters. The monoisotopic (exact) mass is 329 g/mol. The zero-order chi connectivity index (χ0) is 15.6. The Kier molecular flexibility index (Phi) is 5.22. The van der Waals surface area contributed by atoms with Gasteiger partial charge in [0.15, 0.2) is 9.84 Å². The smallest absolute Gasteiger partial charge is 0.178 e. The van der Waals surface area contributed by atoms with Gasteiger partial charge in [0.1, 0.15) is 0 Å². The molecule has 0 amide bonds. The van der Waals surface area contributed by atoms with Gasteiger partial charge in [-0.15, -0.1) is 0 Å². The van der Waals surface area contributed by atoms with Crippen molar-refractivity contribution in [2.24, 2.45) is 17.8 Å². The maximum atomic E-state index is 12.5. The topological polar surface area (TPSA) is 74.3 Å². The van der Waals surface area contributed by atoms with Gasteiger partial charge in [0, 0.05) is 4.90 Å². The Bertz CT molecular complexity index is 597. The van der Waals surface area contributed by atoms with Crippen molar-refractivity contribution in [3.8, 4) is 0 Å². The van der Waals surface area contributed by atoms with Crippen LogP contribution >= 0.6 is 0 Å².